The molecule has 100 valence electrons. The maximum absolute atomic E-state index is 12.1. The maximum Gasteiger partial charge on any atom is 0.263 e. The Labute approximate surface area is 118 Å². The third-order valence-corrected chi connectivity index (χ3v) is 2.91. The number of hydrogen-bond donors (Lipinski definition) is 0. The van der Waals surface area contributed by atoms with Gasteiger partial charge in [-0.1, -0.05) is 17.7 Å². The Hall–Kier alpha value is -0.930. The van der Waals surface area contributed by atoms with E-state index in [0.29, 0.717) is 29.7 Å². The minimum Gasteiger partial charge on any atom is -0.481 e. The summed E-state index contributed by atoms with van der Waals surface area (Å²) in [6, 6.07) is 6.99. The minimum absolute atomic E-state index is 0.0712. The fourth-order valence-electron chi connectivity index (χ4n) is 1.58. The first-order valence-electron chi connectivity index (χ1n) is 5.85. The van der Waals surface area contributed by atoms with E-state index in [4.69, 9.17) is 27.9 Å². The Morgan fingerprint density at radius 3 is 2.78 bits per heavy atom. The van der Waals surface area contributed by atoms with Crippen molar-refractivity contribution in [1.29, 1.82) is 0 Å². The Bertz CT molecular complexity index is 398. The molecule has 0 aliphatic heterocycles. The molecule has 0 aromatic heterocycles. The number of hydrogen-bond acceptors (Lipinski definition) is 2. The summed E-state index contributed by atoms with van der Waals surface area (Å²) in [6.45, 7) is 4.78. The Morgan fingerprint density at radius 2 is 2.22 bits per heavy atom. The standard InChI is InChI=1S/C13H17Cl2NO2/c1-3-16(8-7-14)13(17)10(2)18-12-6-4-5-11(15)9-12/h4-6,9-10H,3,7-8H2,1-2H3. The average Bonchev–Trinajstić information content (AvgIpc) is 2.35. The zero-order valence-electron chi connectivity index (χ0n) is 10.5. The molecule has 18 heavy (non-hydrogen) atoms. The molecule has 0 aliphatic rings. The predicted octanol–water partition coefficient (Wildman–Crippen LogP) is 3.19. The largest absolute Gasteiger partial charge is 0.481 e. The van der Waals surface area contributed by atoms with Gasteiger partial charge in [0.25, 0.3) is 5.91 Å². The van der Waals surface area contributed by atoms with Gasteiger partial charge in [-0.2, -0.15) is 0 Å². The lowest BCUT2D eigenvalue weighted by Gasteiger charge is -2.24. The van der Waals surface area contributed by atoms with Crippen molar-refractivity contribution in [1.82, 2.24) is 4.90 Å². The number of halogens is 2. The van der Waals surface area contributed by atoms with Crippen LogP contribution in [0.2, 0.25) is 5.02 Å². The van der Waals surface area contributed by atoms with Crippen LogP contribution in [0, 0.1) is 0 Å². The van der Waals surface area contributed by atoms with Gasteiger partial charge in [-0.15, -0.1) is 11.6 Å². The number of ether oxygens (including phenoxy) is 1. The fourth-order valence-corrected chi connectivity index (χ4v) is 1.96. The van der Waals surface area contributed by atoms with E-state index in [9.17, 15) is 4.79 Å². The van der Waals surface area contributed by atoms with Gasteiger partial charge in [0.05, 0.1) is 0 Å². The Balaban J connectivity index is 2.64. The molecule has 1 rings (SSSR count). The molecule has 0 heterocycles. The van der Waals surface area contributed by atoms with Gasteiger partial charge < -0.3 is 9.64 Å². The highest BCUT2D eigenvalue weighted by Gasteiger charge is 2.20. The molecule has 0 N–H and O–H groups in total. The number of alkyl halides is 1. The molecule has 1 aromatic rings. The van der Waals surface area contributed by atoms with E-state index in [1.807, 2.05) is 6.92 Å². The molecule has 0 aliphatic carbocycles. The van der Waals surface area contributed by atoms with Crippen LogP contribution in [0.4, 0.5) is 0 Å². The van der Waals surface area contributed by atoms with Gasteiger partial charge >= 0.3 is 0 Å². The smallest absolute Gasteiger partial charge is 0.263 e. The van der Waals surface area contributed by atoms with E-state index in [2.05, 4.69) is 0 Å². The summed E-state index contributed by atoms with van der Waals surface area (Å²) in [4.78, 5) is 13.7. The summed E-state index contributed by atoms with van der Waals surface area (Å²) < 4.78 is 5.57. The monoisotopic (exact) mass is 289 g/mol. The summed E-state index contributed by atoms with van der Waals surface area (Å²) in [5.41, 5.74) is 0. The molecule has 0 fully saturated rings. The highest BCUT2D eigenvalue weighted by Crippen LogP contribution is 2.18. The second-order valence-corrected chi connectivity index (χ2v) is 4.64. The molecule has 1 unspecified atom stereocenters. The first kappa shape index (κ1) is 15.1. The SMILES string of the molecule is CCN(CCCl)C(=O)C(C)Oc1cccc(Cl)c1. The van der Waals surface area contributed by atoms with E-state index < -0.39 is 6.10 Å². The number of amides is 1. The molecule has 5 heteroatoms. The first-order valence-corrected chi connectivity index (χ1v) is 6.76. The van der Waals surface area contributed by atoms with Crippen molar-refractivity contribution in [2.24, 2.45) is 0 Å². The van der Waals surface area contributed by atoms with E-state index in [1.165, 1.54) is 0 Å². The average molecular weight is 290 g/mol. The number of likely N-dealkylation sites (N-methyl/N-ethyl adjacent to an activating group) is 1. The molecule has 0 saturated heterocycles. The number of benzene rings is 1. The Kier molecular flexibility index (Phi) is 6.30. The Morgan fingerprint density at radius 1 is 1.50 bits per heavy atom. The number of carbonyl (C=O) groups is 1. The molecule has 0 spiro atoms. The van der Waals surface area contributed by atoms with Crippen LogP contribution in [0.3, 0.4) is 0 Å². The van der Waals surface area contributed by atoms with Crippen molar-refractivity contribution in [2.45, 2.75) is 20.0 Å². The van der Waals surface area contributed by atoms with Crippen LogP contribution in [-0.4, -0.2) is 35.9 Å². The van der Waals surface area contributed by atoms with E-state index in [1.54, 1.807) is 36.1 Å². The van der Waals surface area contributed by atoms with Crippen molar-refractivity contribution < 1.29 is 9.53 Å². The number of nitrogens with zero attached hydrogens (tertiary/aromatic N) is 1. The van der Waals surface area contributed by atoms with Crippen molar-refractivity contribution in [2.75, 3.05) is 19.0 Å². The molecule has 0 bridgehead atoms. The van der Waals surface area contributed by atoms with E-state index >= 15 is 0 Å². The number of carbonyl (C=O) groups excluding carboxylic acids is 1. The molecule has 0 saturated carbocycles. The van der Waals surface area contributed by atoms with Gasteiger partial charge in [0, 0.05) is 24.0 Å². The summed E-state index contributed by atoms with van der Waals surface area (Å²) in [5, 5.41) is 0.584. The fraction of sp³-hybridized carbons (Fsp3) is 0.462. The quantitative estimate of drug-likeness (QED) is 0.753. The summed E-state index contributed by atoms with van der Waals surface area (Å²) >= 11 is 11.5. The van der Waals surface area contributed by atoms with Gasteiger partial charge in [-0.25, -0.2) is 0 Å². The summed E-state index contributed by atoms with van der Waals surface area (Å²) in [7, 11) is 0. The van der Waals surface area contributed by atoms with Crippen LogP contribution in [0.15, 0.2) is 24.3 Å². The molecule has 1 amide bonds. The lowest BCUT2D eigenvalue weighted by atomic mass is 10.3. The van der Waals surface area contributed by atoms with Gasteiger partial charge in [0.1, 0.15) is 5.75 Å². The zero-order valence-corrected chi connectivity index (χ0v) is 12.0. The third-order valence-electron chi connectivity index (χ3n) is 2.50. The third kappa shape index (κ3) is 4.39. The zero-order chi connectivity index (χ0) is 13.5. The van der Waals surface area contributed by atoms with Crippen molar-refractivity contribution in [3.05, 3.63) is 29.3 Å². The van der Waals surface area contributed by atoms with Crippen molar-refractivity contribution in [3.8, 4) is 5.75 Å². The van der Waals surface area contributed by atoms with Crippen LogP contribution in [0.25, 0.3) is 0 Å². The normalized spacial score (nSPS) is 12.0. The van der Waals surface area contributed by atoms with Crippen LogP contribution in [-0.2, 0) is 4.79 Å². The second-order valence-electron chi connectivity index (χ2n) is 3.82. The van der Waals surface area contributed by atoms with Gasteiger partial charge in [0.2, 0.25) is 0 Å². The molecule has 0 radical (unpaired) electrons. The maximum atomic E-state index is 12.1. The number of rotatable bonds is 6. The second kappa shape index (κ2) is 7.49. The molecule has 1 atom stereocenters. The minimum atomic E-state index is -0.549. The molecule has 3 nitrogen and oxygen atoms in total. The van der Waals surface area contributed by atoms with Crippen molar-refractivity contribution in [3.63, 3.8) is 0 Å². The predicted molar refractivity (Wildman–Crippen MR) is 74.5 cm³/mol. The topological polar surface area (TPSA) is 29.5 Å². The van der Waals surface area contributed by atoms with Crippen LogP contribution < -0.4 is 4.74 Å². The van der Waals surface area contributed by atoms with E-state index in [0.717, 1.165) is 0 Å². The molecular formula is C13H17Cl2NO2. The van der Waals surface area contributed by atoms with Crippen LogP contribution in [0.1, 0.15) is 13.8 Å². The van der Waals surface area contributed by atoms with Crippen LogP contribution >= 0.6 is 23.2 Å². The highest BCUT2D eigenvalue weighted by atomic mass is 35.5. The van der Waals surface area contributed by atoms with Gasteiger partial charge in [0.15, 0.2) is 6.10 Å². The van der Waals surface area contributed by atoms with Gasteiger partial charge in [-0.05, 0) is 32.0 Å². The first-order chi connectivity index (χ1) is 8.58. The summed E-state index contributed by atoms with van der Waals surface area (Å²) in [5.74, 6) is 0.937. The molecular weight excluding hydrogens is 273 g/mol. The van der Waals surface area contributed by atoms with E-state index in [-0.39, 0.29) is 5.91 Å². The lowest BCUT2D eigenvalue weighted by molar-refractivity contribution is -0.137. The highest BCUT2D eigenvalue weighted by molar-refractivity contribution is 6.30. The summed E-state index contributed by atoms with van der Waals surface area (Å²) in [6.07, 6.45) is -0.549. The van der Waals surface area contributed by atoms with Crippen LogP contribution in [0.5, 0.6) is 5.75 Å². The lowest BCUT2D eigenvalue weighted by Crippen LogP contribution is -2.41. The van der Waals surface area contributed by atoms with Gasteiger partial charge in [-0.3, -0.25) is 4.79 Å². The van der Waals surface area contributed by atoms with Crippen molar-refractivity contribution >= 4 is 29.1 Å². The molecule has 1 aromatic carbocycles.